The molecule has 1 aromatic carbocycles. The van der Waals surface area contributed by atoms with E-state index in [9.17, 15) is 0 Å². The fraction of sp³-hybridized carbons (Fsp3) is 0.625. The number of piperazine rings is 1. The Labute approximate surface area is 121 Å². The quantitative estimate of drug-likeness (QED) is 0.860. The highest BCUT2D eigenvalue weighted by Crippen LogP contribution is 2.32. The maximum Gasteiger partial charge on any atom is 0.144 e. The number of nitrogens with two attached hydrogens (primary N) is 1. The summed E-state index contributed by atoms with van der Waals surface area (Å²) in [5, 5.41) is 0. The molecule has 2 atom stereocenters. The third-order valence-corrected chi connectivity index (χ3v) is 4.57. The molecule has 2 aliphatic heterocycles. The van der Waals surface area contributed by atoms with Crippen LogP contribution in [0, 0.1) is 0 Å². The van der Waals surface area contributed by atoms with Crippen molar-refractivity contribution in [1.29, 1.82) is 0 Å². The summed E-state index contributed by atoms with van der Waals surface area (Å²) in [6.45, 7) is 8.52. The highest BCUT2D eigenvalue weighted by molar-refractivity contribution is 5.63. The van der Waals surface area contributed by atoms with Gasteiger partial charge in [0.2, 0.25) is 0 Å². The molecule has 4 heteroatoms. The number of rotatable bonds is 3. The molecule has 0 saturated carbocycles. The first-order valence-corrected chi connectivity index (χ1v) is 7.72. The second-order valence-electron chi connectivity index (χ2n) is 5.95. The highest BCUT2D eigenvalue weighted by atomic mass is 16.5. The normalized spacial score (nSPS) is 26.6. The first kappa shape index (κ1) is 13.6. The van der Waals surface area contributed by atoms with Gasteiger partial charge >= 0.3 is 0 Å². The van der Waals surface area contributed by atoms with Gasteiger partial charge in [-0.15, -0.1) is 0 Å². The molecule has 2 N–H and O–H groups in total. The molecule has 1 aromatic rings. The minimum absolute atomic E-state index is 0.544. The third kappa shape index (κ3) is 2.44. The molecule has 0 radical (unpaired) electrons. The van der Waals surface area contributed by atoms with Gasteiger partial charge in [0.05, 0.1) is 12.3 Å². The summed E-state index contributed by atoms with van der Waals surface area (Å²) in [6, 6.07) is 7.45. The molecule has 0 aromatic heterocycles. The molecule has 2 heterocycles. The molecule has 2 fully saturated rings. The Bertz CT molecular complexity index is 477. The van der Waals surface area contributed by atoms with Crippen LogP contribution < -0.4 is 15.4 Å². The summed E-state index contributed by atoms with van der Waals surface area (Å²) in [4.78, 5) is 5.15. The minimum Gasteiger partial charge on any atom is -0.492 e. The summed E-state index contributed by atoms with van der Waals surface area (Å²) in [6.07, 6.45) is 2.67. The third-order valence-electron chi connectivity index (χ3n) is 4.57. The average Bonchev–Trinajstić information content (AvgIpc) is 2.88. The van der Waals surface area contributed by atoms with Gasteiger partial charge in [-0.2, -0.15) is 0 Å². The van der Waals surface area contributed by atoms with Gasteiger partial charge in [-0.3, -0.25) is 4.90 Å². The average molecular weight is 275 g/mol. The lowest BCUT2D eigenvalue weighted by molar-refractivity contribution is 0.203. The van der Waals surface area contributed by atoms with Gasteiger partial charge in [0.15, 0.2) is 0 Å². The summed E-state index contributed by atoms with van der Waals surface area (Å²) in [5.74, 6) is 0.811. The van der Waals surface area contributed by atoms with E-state index in [0.717, 1.165) is 24.0 Å². The Morgan fingerprint density at radius 2 is 2.20 bits per heavy atom. The summed E-state index contributed by atoms with van der Waals surface area (Å²) in [5.41, 5.74) is 7.94. The van der Waals surface area contributed by atoms with Crippen LogP contribution in [0.15, 0.2) is 18.2 Å². The molecule has 2 saturated heterocycles. The maximum absolute atomic E-state index is 5.97. The second-order valence-corrected chi connectivity index (χ2v) is 5.95. The number of hydrogen-bond acceptors (Lipinski definition) is 4. The van der Waals surface area contributed by atoms with Crippen molar-refractivity contribution in [1.82, 2.24) is 4.90 Å². The van der Waals surface area contributed by atoms with E-state index >= 15 is 0 Å². The monoisotopic (exact) mass is 275 g/mol. The highest BCUT2D eigenvalue weighted by Gasteiger charge is 2.34. The Balaban J connectivity index is 1.82. The second kappa shape index (κ2) is 5.52. The molecule has 2 unspecified atom stereocenters. The topological polar surface area (TPSA) is 41.7 Å². The number of nitrogen functional groups attached to an aromatic ring is 1. The van der Waals surface area contributed by atoms with Gasteiger partial charge in [0.1, 0.15) is 5.75 Å². The molecule has 20 heavy (non-hydrogen) atoms. The van der Waals surface area contributed by atoms with Crippen molar-refractivity contribution >= 4 is 11.4 Å². The summed E-state index contributed by atoms with van der Waals surface area (Å²) < 4.78 is 5.63. The van der Waals surface area contributed by atoms with E-state index in [0.29, 0.717) is 12.6 Å². The standard InChI is InChI=1S/C16H25N3O/c1-3-20-16-9-13(6-7-15(16)17)19-11-14-5-4-8-18(14)10-12(19)2/h6-7,9,12,14H,3-5,8,10-11,17H2,1-2H3. The maximum atomic E-state index is 5.97. The van der Waals surface area contributed by atoms with Crippen LogP contribution in [0.4, 0.5) is 11.4 Å². The van der Waals surface area contributed by atoms with Crippen molar-refractivity contribution in [3.05, 3.63) is 18.2 Å². The summed E-state index contributed by atoms with van der Waals surface area (Å²) in [7, 11) is 0. The number of ether oxygens (including phenoxy) is 1. The van der Waals surface area contributed by atoms with Crippen molar-refractivity contribution in [2.75, 3.05) is 36.9 Å². The van der Waals surface area contributed by atoms with E-state index in [1.165, 1.54) is 31.6 Å². The van der Waals surface area contributed by atoms with Crippen molar-refractivity contribution < 1.29 is 4.74 Å². The lowest BCUT2D eigenvalue weighted by Gasteiger charge is -2.43. The van der Waals surface area contributed by atoms with Crippen molar-refractivity contribution in [3.8, 4) is 5.75 Å². The van der Waals surface area contributed by atoms with Gasteiger partial charge in [-0.1, -0.05) is 0 Å². The van der Waals surface area contributed by atoms with Gasteiger partial charge in [0.25, 0.3) is 0 Å². The van der Waals surface area contributed by atoms with Crippen LogP contribution in [0.25, 0.3) is 0 Å². The van der Waals surface area contributed by atoms with Gasteiger partial charge in [-0.25, -0.2) is 0 Å². The van der Waals surface area contributed by atoms with Crippen LogP contribution in [0.5, 0.6) is 5.75 Å². The number of benzene rings is 1. The van der Waals surface area contributed by atoms with Crippen molar-refractivity contribution in [2.45, 2.75) is 38.8 Å². The SMILES string of the molecule is CCOc1cc(N2CC3CCCN3CC2C)ccc1N. The van der Waals surface area contributed by atoms with E-state index in [2.05, 4.69) is 28.9 Å². The molecule has 0 bridgehead atoms. The van der Waals surface area contributed by atoms with E-state index < -0.39 is 0 Å². The Morgan fingerprint density at radius 1 is 1.35 bits per heavy atom. The van der Waals surface area contributed by atoms with Crippen LogP contribution in [0.1, 0.15) is 26.7 Å². The van der Waals surface area contributed by atoms with E-state index in [4.69, 9.17) is 10.5 Å². The number of hydrogen-bond donors (Lipinski definition) is 1. The first-order chi connectivity index (χ1) is 9.69. The number of fused-ring (bicyclic) bond motifs is 1. The van der Waals surface area contributed by atoms with Gasteiger partial charge in [0, 0.05) is 36.9 Å². The van der Waals surface area contributed by atoms with Crippen LogP contribution in [-0.2, 0) is 0 Å². The van der Waals surface area contributed by atoms with Crippen LogP contribution >= 0.6 is 0 Å². The lowest BCUT2D eigenvalue weighted by atomic mass is 10.1. The fourth-order valence-corrected chi connectivity index (χ4v) is 3.53. The van der Waals surface area contributed by atoms with Crippen molar-refractivity contribution in [3.63, 3.8) is 0 Å². The Kier molecular flexibility index (Phi) is 3.74. The largest absolute Gasteiger partial charge is 0.492 e. The Hall–Kier alpha value is -1.42. The molecular formula is C16H25N3O. The van der Waals surface area contributed by atoms with E-state index in [1.807, 2.05) is 13.0 Å². The van der Waals surface area contributed by atoms with Gasteiger partial charge < -0.3 is 15.4 Å². The smallest absolute Gasteiger partial charge is 0.144 e. The predicted octanol–water partition coefficient (Wildman–Crippen LogP) is 2.34. The van der Waals surface area contributed by atoms with Crippen LogP contribution in [0.2, 0.25) is 0 Å². The predicted molar refractivity (Wildman–Crippen MR) is 83.4 cm³/mol. The molecule has 4 nitrogen and oxygen atoms in total. The zero-order chi connectivity index (χ0) is 14.1. The molecule has 0 amide bonds. The van der Waals surface area contributed by atoms with Crippen molar-refractivity contribution in [2.24, 2.45) is 0 Å². The zero-order valence-corrected chi connectivity index (χ0v) is 12.5. The lowest BCUT2D eigenvalue weighted by Crippen LogP contribution is -2.55. The van der Waals surface area contributed by atoms with Gasteiger partial charge in [-0.05, 0) is 45.4 Å². The molecule has 3 rings (SSSR count). The van der Waals surface area contributed by atoms with E-state index in [1.54, 1.807) is 0 Å². The molecule has 110 valence electrons. The molecule has 2 aliphatic rings. The zero-order valence-electron chi connectivity index (χ0n) is 12.5. The first-order valence-electron chi connectivity index (χ1n) is 7.72. The molecule has 0 spiro atoms. The number of anilines is 2. The molecular weight excluding hydrogens is 250 g/mol. The minimum atomic E-state index is 0.544. The molecule has 0 aliphatic carbocycles. The summed E-state index contributed by atoms with van der Waals surface area (Å²) >= 11 is 0. The Morgan fingerprint density at radius 3 is 3.00 bits per heavy atom. The number of nitrogens with zero attached hydrogens (tertiary/aromatic N) is 2. The van der Waals surface area contributed by atoms with E-state index in [-0.39, 0.29) is 0 Å². The van der Waals surface area contributed by atoms with Crippen LogP contribution in [0.3, 0.4) is 0 Å². The fourth-order valence-electron chi connectivity index (χ4n) is 3.53. The van der Waals surface area contributed by atoms with Crippen LogP contribution in [-0.4, -0.2) is 43.2 Å².